The van der Waals surface area contributed by atoms with Gasteiger partial charge in [-0.2, -0.15) is 5.10 Å². The number of rotatable bonds is 7. The molecule has 0 aliphatic rings. The molecule has 1 aromatic carbocycles. The second-order valence-corrected chi connectivity index (χ2v) is 6.07. The number of amides is 1. The van der Waals surface area contributed by atoms with Crippen LogP contribution < -0.4 is 5.32 Å². The zero-order chi connectivity index (χ0) is 16.0. The molecule has 0 aliphatic carbocycles. The van der Waals surface area contributed by atoms with Gasteiger partial charge in [-0.05, 0) is 36.5 Å². The Labute approximate surface area is 130 Å². The smallest absolute Gasteiger partial charge is 0.251 e. The lowest BCUT2D eigenvalue weighted by Gasteiger charge is -2.21. The standard InChI is InChI=1S/C16H22N4O2/c1-16(2,10-21)7-4-8-18-15(22)13-5-3-6-14(9-13)20-12-17-11-19-20/h3,5-6,9,11-12,21H,4,7-8,10H2,1-2H3,(H,18,22). The van der Waals surface area contributed by atoms with Crippen LogP contribution in [0.3, 0.4) is 0 Å². The van der Waals surface area contributed by atoms with Crippen LogP contribution in [0.2, 0.25) is 0 Å². The molecule has 0 saturated heterocycles. The van der Waals surface area contributed by atoms with Crippen molar-refractivity contribution in [2.75, 3.05) is 13.2 Å². The van der Waals surface area contributed by atoms with Gasteiger partial charge in [-0.1, -0.05) is 19.9 Å². The van der Waals surface area contributed by atoms with E-state index in [0.29, 0.717) is 12.1 Å². The summed E-state index contributed by atoms with van der Waals surface area (Å²) in [6, 6.07) is 7.24. The largest absolute Gasteiger partial charge is 0.396 e. The van der Waals surface area contributed by atoms with Crippen LogP contribution in [0.4, 0.5) is 0 Å². The van der Waals surface area contributed by atoms with Gasteiger partial charge in [0.15, 0.2) is 0 Å². The van der Waals surface area contributed by atoms with Gasteiger partial charge in [-0.25, -0.2) is 9.67 Å². The summed E-state index contributed by atoms with van der Waals surface area (Å²) in [6.45, 7) is 4.77. The number of carbonyl (C=O) groups excluding carboxylic acids is 1. The average molecular weight is 302 g/mol. The van der Waals surface area contributed by atoms with Crippen LogP contribution in [0.15, 0.2) is 36.9 Å². The lowest BCUT2D eigenvalue weighted by Crippen LogP contribution is -2.26. The highest BCUT2D eigenvalue weighted by atomic mass is 16.3. The molecular formula is C16H22N4O2. The lowest BCUT2D eigenvalue weighted by molar-refractivity contribution is 0.0948. The average Bonchev–Trinajstić information content (AvgIpc) is 3.06. The summed E-state index contributed by atoms with van der Waals surface area (Å²) in [5, 5.41) is 16.2. The number of nitrogens with one attached hydrogen (secondary N) is 1. The zero-order valence-corrected chi connectivity index (χ0v) is 13.0. The summed E-state index contributed by atoms with van der Waals surface area (Å²) in [5.74, 6) is -0.108. The molecule has 2 aromatic rings. The maximum absolute atomic E-state index is 12.2. The number of aromatic nitrogens is 3. The molecular weight excluding hydrogens is 280 g/mol. The van der Waals surface area contributed by atoms with Crippen molar-refractivity contribution in [3.63, 3.8) is 0 Å². The summed E-state index contributed by atoms with van der Waals surface area (Å²) in [6.07, 6.45) is 4.74. The number of nitrogens with zero attached hydrogens (tertiary/aromatic N) is 3. The number of benzene rings is 1. The van der Waals surface area contributed by atoms with Crippen LogP contribution in [-0.2, 0) is 0 Å². The predicted octanol–water partition coefficient (Wildman–Crippen LogP) is 1.80. The maximum Gasteiger partial charge on any atom is 0.251 e. The van der Waals surface area contributed by atoms with Crippen molar-refractivity contribution in [2.45, 2.75) is 26.7 Å². The minimum atomic E-state index is -0.108. The molecule has 0 bridgehead atoms. The molecule has 6 heteroatoms. The van der Waals surface area contributed by atoms with Gasteiger partial charge in [-0.3, -0.25) is 4.79 Å². The van der Waals surface area contributed by atoms with Gasteiger partial charge < -0.3 is 10.4 Å². The molecule has 0 spiro atoms. The van der Waals surface area contributed by atoms with Gasteiger partial charge in [0.05, 0.1) is 5.69 Å². The van der Waals surface area contributed by atoms with E-state index in [1.807, 2.05) is 26.0 Å². The van der Waals surface area contributed by atoms with E-state index in [9.17, 15) is 9.90 Å². The Bertz CT molecular complexity index is 608. The Morgan fingerprint density at radius 3 is 2.91 bits per heavy atom. The van der Waals surface area contributed by atoms with Gasteiger partial charge in [0.25, 0.3) is 5.91 Å². The zero-order valence-electron chi connectivity index (χ0n) is 13.0. The molecule has 1 heterocycles. The molecule has 0 atom stereocenters. The number of aliphatic hydroxyl groups excluding tert-OH is 1. The second kappa shape index (κ2) is 7.17. The van der Waals surface area contributed by atoms with E-state index in [4.69, 9.17) is 0 Å². The highest BCUT2D eigenvalue weighted by Crippen LogP contribution is 2.20. The van der Waals surface area contributed by atoms with E-state index >= 15 is 0 Å². The molecule has 2 N–H and O–H groups in total. The van der Waals surface area contributed by atoms with Gasteiger partial charge in [-0.15, -0.1) is 0 Å². The van der Waals surface area contributed by atoms with Crippen molar-refractivity contribution < 1.29 is 9.90 Å². The van der Waals surface area contributed by atoms with E-state index in [1.165, 1.54) is 6.33 Å². The lowest BCUT2D eigenvalue weighted by atomic mass is 9.89. The number of carbonyl (C=O) groups is 1. The Hall–Kier alpha value is -2.21. The summed E-state index contributed by atoms with van der Waals surface area (Å²) in [7, 11) is 0. The first-order valence-corrected chi connectivity index (χ1v) is 7.36. The van der Waals surface area contributed by atoms with E-state index in [1.54, 1.807) is 23.1 Å². The van der Waals surface area contributed by atoms with Crippen molar-refractivity contribution in [3.8, 4) is 5.69 Å². The third kappa shape index (κ3) is 4.39. The van der Waals surface area contributed by atoms with Crippen LogP contribution in [-0.4, -0.2) is 38.9 Å². The molecule has 0 saturated carbocycles. The van der Waals surface area contributed by atoms with Crippen molar-refractivity contribution in [2.24, 2.45) is 5.41 Å². The van der Waals surface area contributed by atoms with Crippen LogP contribution in [0, 0.1) is 5.41 Å². The molecule has 0 unspecified atom stereocenters. The number of hydrogen-bond donors (Lipinski definition) is 2. The fraction of sp³-hybridized carbons (Fsp3) is 0.438. The van der Waals surface area contributed by atoms with Crippen LogP contribution in [0.25, 0.3) is 5.69 Å². The first-order valence-electron chi connectivity index (χ1n) is 7.36. The SMILES string of the molecule is CC(C)(CO)CCCNC(=O)c1cccc(-n2cncn2)c1. The molecule has 0 radical (unpaired) electrons. The molecule has 0 fully saturated rings. The summed E-state index contributed by atoms with van der Waals surface area (Å²) in [5.41, 5.74) is 1.29. The summed E-state index contributed by atoms with van der Waals surface area (Å²) >= 11 is 0. The van der Waals surface area contributed by atoms with Crippen molar-refractivity contribution in [1.82, 2.24) is 20.1 Å². The van der Waals surface area contributed by atoms with E-state index in [-0.39, 0.29) is 17.9 Å². The summed E-state index contributed by atoms with van der Waals surface area (Å²) < 4.78 is 1.61. The monoisotopic (exact) mass is 302 g/mol. The topological polar surface area (TPSA) is 80.0 Å². The normalized spacial score (nSPS) is 11.4. The third-order valence-electron chi connectivity index (χ3n) is 3.54. The Morgan fingerprint density at radius 1 is 1.41 bits per heavy atom. The number of hydrogen-bond acceptors (Lipinski definition) is 4. The van der Waals surface area contributed by atoms with Gasteiger partial charge in [0, 0.05) is 18.7 Å². The van der Waals surface area contributed by atoms with Crippen LogP contribution in [0.5, 0.6) is 0 Å². The van der Waals surface area contributed by atoms with Crippen molar-refractivity contribution in [3.05, 3.63) is 42.5 Å². The van der Waals surface area contributed by atoms with E-state index in [2.05, 4.69) is 15.4 Å². The molecule has 22 heavy (non-hydrogen) atoms. The fourth-order valence-electron chi connectivity index (χ4n) is 2.08. The van der Waals surface area contributed by atoms with Gasteiger partial charge in [0.2, 0.25) is 0 Å². The van der Waals surface area contributed by atoms with Crippen molar-refractivity contribution >= 4 is 5.91 Å². The minimum Gasteiger partial charge on any atom is -0.396 e. The third-order valence-corrected chi connectivity index (χ3v) is 3.54. The molecule has 118 valence electrons. The van der Waals surface area contributed by atoms with Crippen LogP contribution in [0.1, 0.15) is 37.0 Å². The Balaban J connectivity index is 1.89. The summed E-state index contributed by atoms with van der Waals surface area (Å²) in [4.78, 5) is 16.1. The molecule has 1 amide bonds. The molecule has 1 aromatic heterocycles. The highest BCUT2D eigenvalue weighted by molar-refractivity contribution is 5.94. The Morgan fingerprint density at radius 2 is 2.23 bits per heavy atom. The fourth-order valence-corrected chi connectivity index (χ4v) is 2.08. The highest BCUT2D eigenvalue weighted by Gasteiger charge is 2.15. The van der Waals surface area contributed by atoms with Gasteiger partial charge >= 0.3 is 0 Å². The number of aliphatic hydroxyl groups is 1. The molecule has 2 rings (SSSR count). The second-order valence-electron chi connectivity index (χ2n) is 6.07. The minimum absolute atomic E-state index is 0.0995. The Kier molecular flexibility index (Phi) is 5.27. The van der Waals surface area contributed by atoms with E-state index in [0.717, 1.165) is 18.5 Å². The first kappa shape index (κ1) is 16.2. The van der Waals surface area contributed by atoms with Gasteiger partial charge in [0.1, 0.15) is 12.7 Å². The quantitative estimate of drug-likeness (QED) is 0.764. The van der Waals surface area contributed by atoms with Crippen LogP contribution >= 0.6 is 0 Å². The van der Waals surface area contributed by atoms with E-state index < -0.39 is 0 Å². The first-order chi connectivity index (χ1) is 10.5. The maximum atomic E-state index is 12.2. The predicted molar refractivity (Wildman–Crippen MR) is 83.8 cm³/mol. The molecule has 0 aliphatic heterocycles. The molecule has 6 nitrogen and oxygen atoms in total. The van der Waals surface area contributed by atoms with Crippen molar-refractivity contribution in [1.29, 1.82) is 0 Å².